The first-order chi connectivity index (χ1) is 11.1. The number of nitrogens with zero attached hydrogens (tertiary/aromatic N) is 2. The van der Waals surface area contributed by atoms with Crippen LogP contribution >= 0.6 is 11.6 Å². The molecule has 5 nitrogen and oxygen atoms in total. The van der Waals surface area contributed by atoms with Crippen LogP contribution in [0.2, 0.25) is 5.15 Å². The fraction of sp³-hybridized carbons (Fsp3) is 0.412. The second-order valence-corrected chi connectivity index (χ2v) is 6.32. The van der Waals surface area contributed by atoms with Crippen molar-refractivity contribution in [1.29, 1.82) is 0 Å². The van der Waals surface area contributed by atoms with Crippen LogP contribution in [-0.2, 0) is 0 Å². The van der Waals surface area contributed by atoms with Gasteiger partial charge in [-0.05, 0) is 31.9 Å². The predicted octanol–water partition coefficient (Wildman–Crippen LogP) is 2.72. The van der Waals surface area contributed by atoms with Crippen LogP contribution in [0.4, 0.5) is 0 Å². The van der Waals surface area contributed by atoms with Crippen molar-refractivity contribution < 1.29 is 9.90 Å². The molecule has 1 aromatic carbocycles. The van der Waals surface area contributed by atoms with Gasteiger partial charge < -0.3 is 10.4 Å². The molecule has 23 heavy (non-hydrogen) atoms. The molecule has 1 heterocycles. The molecule has 0 saturated heterocycles. The highest BCUT2D eigenvalue weighted by Crippen LogP contribution is 2.26. The third-order valence-corrected chi connectivity index (χ3v) is 4.72. The first-order valence-electron chi connectivity index (χ1n) is 7.84. The van der Waals surface area contributed by atoms with Gasteiger partial charge in [-0.15, -0.1) is 0 Å². The molecule has 122 valence electrons. The monoisotopic (exact) mass is 333 g/mol. The van der Waals surface area contributed by atoms with Gasteiger partial charge in [-0.1, -0.05) is 36.2 Å². The minimum atomic E-state index is -0.320. The van der Waals surface area contributed by atoms with Gasteiger partial charge in [0.2, 0.25) is 0 Å². The summed E-state index contributed by atoms with van der Waals surface area (Å²) in [6.07, 6.45) is 2.44. The Morgan fingerprint density at radius 1 is 1.39 bits per heavy atom. The molecule has 1 aliphatic carbocycles. The van der Waals surface area contributed by atoms with Crippen molar-refractivity contribution in [3.8, 4) is 5.69 Å². The summed E-state index contributed by atoms with van der Waals surface area (Å²) in [4.78, 5) is 12.5. The molecule has 2 aromatic rings. The SMILES string of the molecule is Cc1nn(-c2ccccc2)c(Cl)c1C(=O)NCC1CCCC1O. The molecule has 0 aliphatic heterocycles. The van der Waals surface area contributed by atoms with E-state index < -0.39 is 0 Å². The summed E-state index contributed by atoms with van der Waals surface area (Å²) in [5, 5.41) is 17.4. The van der Waals surface area contributed by atoms with Gasteiger partial charge in [0.25, 0.3) is 5.91 Å². The van der Waals surface area contributed by atoms with Crippen LogP contribution in [0.25, 0.3) is 5.69 Å². The van der Waals surface area contributed by atoms with E-state index in [1.807, 2.05) is 30.3 Å². The molecular weight excluding hydrogens is 314 g/mol. The first kappa shape index (κ1) is 16.0. The van der Waals surface area contributed by atoms with E-state index in [1.54, 1.807) is 11.6 Å². The maximum Gasteiger partial charge on any atom is 0.256 e. The Hall–Kier alpha value is -1.85. The van der Waals surface area contributed by atoms with Gasteiger partial charge in [-0.25, -0.2) is 4.68 Å². The molecule has 0 spiro atoms. The summed E-state index contributed by atoms with van der Waals surface area (Å²) in [7, 11) is 0. The van der Waals surface area contributed by atoms with E-state index in [9.17, 15) is 9.90 Å². The number of carbonyl (C=O) groups excluding carboxylic acids is 1. The van der Waals surface area contributed by atoms with Gasteiger partial charge in [0.15, 0.2) is 0 Å². The summed E-state index contributed by atoms with van der Waals surface area (Å²) >= 11 is 6.37. The molecular formula is C17H20ClN3O2. The molecule has 2 N–H and O–H groups in total. The Bertz CT molecular complexity index is 699. The molecule has 3 rings (SSSR count). The highest BCUT2D eigenvalue weighted by molar-refractivity contribution is 6.33. The molecule has 1 fully saturated rings. The highest BCUT2D eigenvalue weighted by atomic mass is 35.5. The molecule has 0 bridgehead atoms. The van der Waals surface area contributed by atoms with Crippen molar-refractivity contribution in [1.82, 2.24) is 15.1 Å². The minimum absolute atomic E-state index is 0.127. The lowest BCUT2D eigenvalue weighted by molar-refractivity contribution is 0.0916. The summed E-state index contributed by atoms with van der Waals surface area (Å²) < 4.78 is 1.57. The number of para-hydroxylation sites is 1. The van der Waals surface area contributed by atoms with Gasteiger partial charge in [0.05, 0.1) is 23.0 Å². The number of amides is 1. The van der Waals surface area contributed by atoms with E-state index in [0.717, 1.165) is 24.9 Å². The number of aromatic nitrogens is 2. The van der Waals surface area contributed by atoms with E-state index >= 15 is 0 Å². The number of benzene rings is 1. The molecule has 1 aliphatic rings. The summed E-state index contributed by atoms with van der Waals surface area (Å²) in [5.41, 5.74) is 1.79. The van der Waals surface area contributed by atoms with Crippen LogP contribution in [0.5, 0.6) is 0 Å². The van der Waals surface area contributed by atoms with Crippen molar-refractivity contribution in [3.63, 3.8) is 0 Å². The van der Waals surface area contributed by atoms with Gasteiger partial charge in [-0.2, -0.15) is 5.10 Å². The largest absolute Gasteiger partial charge is 0.393 e. The molecule has 6 heteroatoms. The second-order valence-electron chi connectivity index (χ2n) is 5.97. The van der Waals surface area contributed by atoms with E-state index in [0.29, 0.717) is 23.0 Å². The Kier molecular flexibility index (Phi) is 4.68. The lowest BCUT2D eigenvalue weighted by Crippen LogP contribution is -2.32. The zero-order valence-electron chi connectivity index (χ0n) is 13.0. The van der Waals surface area contributed by atoms with Crippen molar-refractivity contribution in [2.45, 2.75) is 32.3 Å². The molecule has 2 atom stereocenters. The average molecular weight is 334 g/mol. The second kappa shape index (κ2) is 6.72. The van der Waals surface area contributed by atoms with E-state index in [4.69, 9.17) is 11.6 Å². The third-order valence-electron chi connectivity index (χ3n) is 4.38. The van der Waals surface area contributed by atoms with Crippen LogP contribution in [0.3, 0.4) is 0 Å². The van der Waals surface area contributed by atoms with Crippen LogP contribution in [-0.4, -0.2) is 33.4 Å². The fourth-order valence-electron chi connectivity index (χ4n) is 3.06. The molecule has 1 aromatic heterocycles. The summed E-state index contributed by atoms with van der Waals surface area (Å²) in [6, 6.07) is 9.46. The number of aryl methyl sites for hydroxylation is 1. The third kappa shape index (κ3) is 3.26. The quantitative estimate of drug-likeness (QED) is 0.904. The Morgan fingerprint density at radius 2 is 2.13 bits per heavy atom. The zero-order valence-corrected chi connectivity index (χ0v) is 13.8. The standard InChI is InChI=1S/C17H20ClN3O2/c1-11-15(17(23)19-10-12-6-5-9-14(12)22)16(18)21(20-11)13-7-3-2-4-8-13/h2-4,7-8,12,14,22H,5-6,9-10H2,1H3,(H,19,23). The Balaban J connectivity index is 1.77. The van der Waals surface area contributed by atoms with Crippen molar-refractivity contribution in [2.75, 3.05) is 6.54 Å². The first-order valence-corrected chi connectivity index (χ1v) is 8.22. The Morgan fingerprint density at radius 3 is 2.78 bits per heavy atom. The molecule has 1 amide bonds. The van der Waals surface area contributed by atoms with Crippen molar-refractivity contribution in [3.05, 3.63) is 46.7 Å². The number of hydrogen-bond acceptors (Lipinski definition) is 3. The smallest absolute Gasteiger partial charge is 0.256 e. The fourth-order valence-corrected chi connectivity index (χ4v) is 3.42. The average Bonchev–Trinajstić information content (AvgIpc) is 3.09. The van der Waals surface area contributed by atoms with Gasteiger partial charge in [0.1, 0.15) is 5.15 Å². The topological polar surface area (TPSA) is 67.2 Å². The van der Waals surface area contributed by atoms with E-state index in [2.05, 4.69) is 10.4 Å². The minimum Gasteiger partial charge on any atom is -0.393 e. The van der Waals surface area contributed by atoms with Crippen LogP contribution < -0.4 is 5.32 Å². The summed E-state index contributed by atoms with van der Waals surface area (Å²) in [6.45, 7) is 2.23. The lowest BCUT2D eigenvalue weighted by atomic mass is 10.1. The van der Waals surface area contributed by atoms with Crippen LogP contribution in [0.1, 0.15) is 35.3 Å². The number of nitrogens with one attached hydrogen (secondary N) is 1. The van der Waals surface area contributed by atoms with Crippen LogP contribution in [0, 0.1) is 12.8 Å². The van der Waals surface area contributed by atoms with Crippen LogP contribution in [0.15, 0.2) is 30.3 Å². The maximum absolute atomic E-state index is 12.5. The van der Waals surface area contributed by atoms with Gasteiger partial charge in [-0.3, -0.25) is 4.79 Å². The van der Waals surface area contributed by atoms with Crippen molar-refractivity contribution >= 4 is 17.5 Å². The molecule has 1 saturated carbocycles. The van der Waals surface area contributed by atoms with Crippen molar-refractivity contribution in [2.24, 2.45) is 5.92 Å². The number of aliphatic hydroxyl groups is 1. The number of carbonyl (C=O) groups is 1. The lowest BCUT2D eigenvalue weighted by Gasteiger charge is -2.15. The van der Waals surface area contributed by atoms with E-state index in [-0.39, 0.29) is 17.9 Å². The number of rotatable bonds is 4. The zero-order chi connectivity index (χ0) is 16.4. The van der Waals surface area contributed by atoms with Gasteiger partial charge >= 0.3 is 0 Å². The van der Waals surface area contributed by atoms with Gasteiger partial charge in [0, 0.05) is 12.5 Å². The predicted molar refractivity (Wildman–Crippen MR) is 89.0 cm³/mol. The summed E-state index contributed by atoms with van der Waals surface area (Å²) in [5.74, 6) is -0.115. The highest BCUT2D eigenvalue weighted by Gasteiger charge is 2.27. The maximum atomic E-state index is 12.5. The number of halogens is 1. The molecule has 2 unspecified atom stereocenters. The van der Waals surface area contributed by atoms with E-state index in [1.165, 1.54) is 0 Å². The number of aliphatic hydroxyl groups excluding tert-OH is 1. The normalized spacial score (nSPS) is 20.7. The Labute approximate surface area is 140 Å². The number of hydrogen-bond donors (Lipinski definition) is 2. The molecule has 0 radical (unpaired) electrons.